The number of carbonyl (C=O) groups excluding carboxylic acids is 3. The highest BCUT2D eigenvalue weighted by Gasteiger charge is 2.43. The van der Waals surface area contributed by atoms with Gasteiger partial charge in [-0.1, -0.05) is 0 Å². The summed E-state index contributed by atoms with van der Waals surface area (Å²) in [4.78, 5) is 45.4. The van der Waals surface area contributed by atoms with Gasteiger partial charge in [0, 0.05) is 38.2 Å². The molecule has 4 rings (SSSR count). The van der Waals surface area contributed by atoms with Crippen molar-refractivity contribution in [1.82, 2.24) is 24.7 Å². The maximum absolute atomic E-state index is 14.5. The van der Waals surface area contributed by atoms with E-state index in [2.05, 4.69) is 10.3 Å². The van der Waals surface area contributed by atoms with Gasteiger partial charge in [-0.05, 0) is 51.7 Å². The lowest BCUT2D eigenvalue weighted by molar-refractivity contribution is -0.148. The molecule has 0 saturated carbocycles. The van der Waals surface area contributed by atoms with Gasteiger partial charge in [-0.2, -0.15) is 13.2 Å². The summed E-state index contributed by atoms with van der Waals surface area (Å²) in [6.07, 6.45) is -5.80. The van der Waals surface area contributed by atoms with Gasteiger partial charge >= 0.3 is 12.3 Å². The van der Waals surface area contributed by atoms with E-state index < -0.39 is 90.1 Å². The predicted octanol–water partition coefficient (Wildman–Crippen LogP) is 3.78. The Hall–Kier alpha value is -3.82. The number of carbonyl (C=O) groups is 3. The number of hydrogen-bond donors (Lipinski definition) is 2. The minimum Gasteiger partial charge on any atom is -0.444 e. The van der Waals surface area contributed by atoms with Crippen LogP contribution in [0.4, 0.5) is 31.1 Å². The van der Waals surface area contributed by atoms with Gasteiger partial charge < -0.3 is 29.5 Å². The molecule has 10 nitrogen and oxygen atoms in total. The van der Waals surface area contributed by atoms with Crippen molar-refractivity contribution in [3.05, 3.63) is 52.4 Å². The number of amides is 3. The van der Waals surface area contributed by atoms with Gasteiger partial charge in [-0.3, -0.25) is 9.59 Å². The van der Waals surface area contributed by atoms with E-state index in [9.17, 15) is 45.8 Å². The van der Waals surface area contributed by atoms with Crippen LogP contribution in [-0.2, 0) is 35.2 Å². The molecule has 2 atom stereocenters. The fourth-order valence-electron chi connectivity index (χ4n) is 5.37. The van der Waals surface area contributed by atoms with Crippen molar-refractivity contribution in [2.45, 2.75) is 83.4 Å². The van der Waals surface area contributed by atoms with Crippen LogP contribution in [0.5, 0.6) is 0 Å². The molecule has 2 aliphatic rings. The van der Waals surface area contributed by atoms with Crippen LogP contribution in [0.15, 0.2) is 12.1 Å². The number of alkyl carbamates (subject to hydrolysis) is 1. The Morgan fingerprint density at radius 1 is 1.07 bits per heavy atom. The van der Waals surface area contributed by atoms with E-state index in [0.29, 0.717) is 25.0 Å². The highest BCUT2D eigenvalue weighted by molar-refractivity contribution is 5.94. The first kappa shape index (κ1) is 33.1. The number of nitrogens with one attached hydrogen (secondary N) is 1. The zero-order valence-electron chi connectivity index (χ0n) is 24.3. The van der Waals surface area contributed by atoms with Crippen LogP contribution < -0.4 is 5.32 Å². The number of nitrogens with zero attached hydrogens (tertiary/aromatic N) is 4. The largest absolute Gasteiger partial charge is 0.449 e. The minimum absolute atomic E-state index is 0.145. The zero-order valence-corrected chi connectivity index (χ0v) is 24.3. The van der Waals surface area contributed by atoms with E-state index in [4.69, 9.17) is 4.74 Å². The summed E-state index contributed by atoms with van der Waals surface area (Å²) < 4.78 is 89.5. The second kappa shape index (κ2) is 12.7. The number of likely N-dealkylation sites (tertiary alicyclic amines) is 1. The van der Waals surface area contributed by atoms with Gasteiger partial charge in [0.2, 0.25) is 11.7 Å². The van der Waals surface area contributed by atoms with Crippen molar-refractivity contribution in [3.8, 4) is 0 Å². The summed E-state index contributed by atoms with van der Waals surface area (Å²) in [7, 11) is 0. The predicted molar refractivity (Wildman–Crippen MR) is 142 cm³/mol. The molecule has 1 aromatic carbocycles. The Morgan fingerprint density at radius 2 is 1.75 bits per heavy atom. The van der Waals surface area contributed by atoms with Crippen molar-refractivity contribution in [3.63, 3.8) is 0 Å². The molecule has 2 N–H and O–H groups in total. The van der Waals surface area contributed by atoms with E-state index in [0.717, 1.165) is 4.57 Å². The lowest BCUT2D eigenvalue weighted by atomic mass is 10.0. The second-order valence-corrected chi connectivity index (χ2v) is 11.8. The number of halogens is 6. The summed E-state index contributed by atoms with van der Waals surface area (Å²) in [5.41, 5.74) is -1.90. The molecule has 242 valence electrons. The number of fused-ring (bicyclic) bond motifs is 1. The molecule has 44 heavy (non-hydrogen) atoms. The van der Waals surface area contributed by atoms with Crippen molar-refractivity contribution in [2.24, 2.45) is 0 Å². The summed E-state index contributed by atoms with van der Waals surface area (Å²) >= 11 is 0. The first-order chi connectivity index (χ1) is 20.5. The van der Waals surface area contributed by atoms with Crippen LogP contribution in [0.25, 0.3) is 0 Å². The topological polar surface area (TPSA) is 117 Å². The Balaban J connectivity index is 1.59. The van der Waals surface area contributed by atoms with Crippen molar-refractivity contribution in [2.75, 3.05) is 19.7 Å². The quantitative estimate of drug-likeness (QED) is 0.354. The Labute approximate surface area is 249 Å². The molecule has 0 aliphatic carbocycles. The monoisotopic (exact) mass is 633 g/mol. The van der Waals surface area contributed by atoms with E-state index in [1.54, 1.807) is 20.8 Å². The molecule has 0 radical (unpaired) electrons. The Bertz CT molecular complexity index is 1420. The molecule has 16 heteroatoms. The summed E-state index contributed by atoms with van der Waals surface area (Å²) in [5, 5.41) is 12.1. The molecular formula is C28H33F6N5O5. The Kier molecular flexibility index (Phi) is 9.51. The molecule has 2 aliphatic heterocycles. The third-order valence-electron chi connectivity index (χ3n) is 7.36. The van der Waals surface area contributed by atoms with Gasteiger partial charge in [-0.15, -0.1) is 0 Å². The number of benzene rings is 1. The fraction of sp³-hybridized carbons (Fsp3) is 0.571. The lowest BCUT2D eigenvalue weighted by Crippen LogP contribution is -2.46. The van der Waals surface area contributed by atoms with Crippen LogP contribution in [0.1, 0.15) is 67.6 Å². The molecule has 1 saturated heterocycles. The van der Waals surface area contributed by atoms with E-state index >= 15 is 0 Å². The summed E-state index contributed by atoms with van der Waals surface area (Å²) in [6.45, 7) is 3.61. The maximum atomic E-state index is 14.5. The van der Waals surface area contributed by atoms with Gasteiger partial charge in [0.05, 0.1) is 24.9 Å². The summed E-state index contributed by atoms with van der Waals surface area (Å²) in [6, 6.07) is -0.828. The molecule has 2 aromatic rings. The fourth-order valence-corrected chi connectivity index (χ4v) is 5.37. The number of alkyl halides is 3. The molecule has 0 bridgehead atoms. The lowest BCUT2D eigenvalue weighted by Gasteiger charge is -2.31. The molecular weight excluding hydrogens is 600 g/mol. The van der Waals surface area contributed by atoms with E-state index in [1.807, 2.05) is 0 Å². The number of ether oxygens (including phenoxy) is 1. The number of aliphatic hydroxyl groups is 1. The number of aromatic nitrogens is 2. The van der Waals surface area contributed by atoms with Gasteiger partial charge in [0.15, 0.2) is 17.3 Å². The van der Waals surface area contributed by atoms with E-state index in [-0.39, 0.29) is 37.5 Å². The minimum atomic E-state index is -4.89. The van der Waals surface area contributed by atoms with Gasteiger partial charge in [-0.25, -0.2) is 22.9 Å². The average Bonchev–Trinajstić information content (AvgIpc) is 3.54. The number of rotatable bonds is 7. The van der Waals surface area contributed by atoms with E-state index in [1.165, 1.54) is 9.80 Å². The van der Waals surface area contributed by atoms with Crippen LogP contribution >= 0.6 is 0 Å². The smallest absolute Gasteiger partial charge is 0.444 e. The standard InChI is InChI=1S/C28H33F6N5O5/c1-27(2,3)44-26(43)35-16(9-15-10-19(30)20(31)12-18(15)29)11-22(41)37-7-8-39-21(13-37)23(36-25(39)28(32,33)34)24(42)38-6-4-5-17(38)14-40/h10,12,16-17,40H,4-9,11,13-14H2,1-3H3,(H,35,43)/t16-,17?/m1/s1. The SMILES string of the molecule is CC(C)(C)OC(=O)N[C@@H](CC(=O)N1CCn2c(C(F)(F)F)nc(C(=O)N3CCCC3CO)c2C1)Cc1cc(F)c(F)cc1F. The Morgan fingerprint density at radius 3 is 2.39 bits per heavy atom. The van der Waals surface area contributed by atoms with Crippen molar-refractivity contribution in [1.29, 1.82) is 0 Å². The average molecular weight is 634 g/mol. The van der Waals surface area contributed by atoms with Crippen LogP contribution in [-0.4, -0.2) is 79.7 Å². The van der Waals surface area contributed by atoms with Crippen molar-refractivity contribution >= 4 is 17.9 Å². The molecule has 3 amide bonds. The van der Waals surface area contributed by atoms with Crippen molar-refractivity contribution < 1.29 is 50.6 Å². The molecule has 0 spiro atoms. The van der Waals surface area contributed by atoms with Crippen LogP contribution in [0.2, 0.25) is 0 Å². The maximum Gasteiger partial charge on any atom is 0.449 e. The highest BCUT2D eigenvalue weighted by atomic mass is 19.4. The zero-order chi connectivity index (χ0) is 32.6. The van der Waals surface area contributed by atoms with Gasteiger partial charge in [0.1, 0.15) is 11.4 Å². The molecule has 1 unspecified atom stereocenters. The van der Waals surface area contributed by atoms with Crippen LogP contribution in [0, 0.1) is 17.5 Å². The third kappa shape index (κ3) is 7.45. The highest BCUT2D eigenvalue weighted by Crippen LogP contribution is 2.34. The molecule has 1 fully saturated rings. The first-order valence-corrected chi connectivity index (χ1v) is 14.0. The number of aliphatic hydroxyl groups excluding tert-OH is 1. The molecule has 1 aromatic heterocycles. The first-order valence-electron chi connectivity index (χ1n) is 14.0. The number of hydrogen-bond acceptors (Lipinski definition) is 6. The normalized spacial score (nSPS) is 17.8. The molecule has 3 heterocycles. The van der Waals surface area contributed by atoms with Crippen LogP contribution in [0.3, 0.4) is 0 Å². The third-order valence-corrected chi connectivity index (χ3v) is 7.36. The van der Waals surface area contributed by atoms with Gasteiger partial charge in [0.25, 0.3) is 5.91 Å². The second-order valence-electron chi connectivity index (χ2n) is 11.8. The summed E-state index contributed by atoms with van der Waals surface area (Å²) in [5.74, 6) is -6.64. The number of imidazole rings is 1.